The lowest BCUT2D eigenvalue weighted by atomic mass is 9.74. The van der Waals surface area contributed by atoms with Crippen LogP contribution in [0.3, 0.4) is 0 Å². The standard InChI is InChI=1S/C44H53F8N9O7/c1-22(2)61(7)34-17-26(18-42(5,44(50,51)52)35(37(53)63)57-39(65)66)27(20-55-34)24-10-8-23(9-11-24)14-32(56-38(64)36(58-40(67)68)41(3,4)43(47,48)49)33(62)21-54-19-28-29(45)15-25(16-30(28)46)31-12-13-60(6)59-31/h8-13,15-17,20,22,32-33,35-36,54,57-58,62H,14,18-19,21H2,1-7H3,(H2,53,63)(H,56,64)(H,65,66)(H,67,68)/p+1. The van der Waals surface area contributed by atoms with Gasteiger partial charge in [0, 0.05) is 62.3 Å². The van der Waals surface area contributed by atoms with Gasteiger partial charge < -0.3 is 41.5 Å². The molecule has 10 N–H and O–H groups in total. The van der Waals surface area contributed by atoms with Crippen molar-refractivity contribution in [2.45, 2.75) is 96.6 Å². The molecule has 16 nitrogen and oxygen atoms in total. The van der Waals surface area contributed by atoms with Gasteiger partial charge in [0.15, 0.2) is 6.04 Å². The van der Waals surface area contributed by atoms with Gasteiger partial charge in [0.05, 0.1) is 23.3 Å². The zero-order chi connectivity index (χ0) is 51.3. The molecule has 2 aromatic heterocycles. The predicted octanol–water partition coefficient (Wildman–Crippen LogP) is 5.19. The number of rotatable bonds is 20. The maximum Gasteiger partial charge on any atom is 0.405 e. The normalized spacial score (nSPS) is 14.9. The van der Waals surface area contributed by atoms with Gasteiger partial charge in [-0.2, -0.15) is 31.4 Å². The second-order valence-corrected chi connectivity index (χ2v) is 17.5. The van der Waals surface area contributed by atoms with Crippen molar-refractivity contribution < 1.29 is 75.4 Å². The quantitative estimate of drug-likeness (QED) is 0.0537. The molecule has 0 aliphatic rings. The molecule has 2 aromatic carbocycles. The molecule has 0 fully saturated rings. The van der Waals surface area contributed by atoms with Crippen molar-refractivity contribution >= 4 is 29.8 Å². The van der Waals surface area contributed by atoms with Crippen LogP contribution in [0.1, 0.15) is 51.3 Å². The van der Waals surface area contributed by atoms with Crippen molar-refractivity contribution in [3.05, 3.63) is 89.2 Å². The van der Waals surface area contributed by atoms with Crippen LogP contribution >= 0.6 is 0 Å². The average Bonchev–Trinajstić information content (AvgIpc) is 3.67. The van der Waals surface area contributed by atoms with Crippen LogP contribution in [0.2, 0.25) is 0 Å². The van der Waals surface area contributed by atoms with Crippen molar-refractivity contribution in [2.75, 3.05) is 18.5 Å². The molecule has 5 unspecified atom stereocenters. The molecule has 0 radical (unpaired) electrons. The second kappa shape index (κ2) is 21.3. The number of carboxylic acid groups (broad SMARTS) is 2. The van der Waals surface area contributed by atoms with Gasteiger partial charge in [0.2, 0.25) is 5.91 Å². The lowest BCUT2D eigenvalue weighted by Crippen LogP contribution is -2.72. The monoisotopic (exact) mass is 972 g/mol. The Hall–Kier alpha value is -6.40. The number of carbonyl (C=O) groups excluding carboxylic acids is 2. The topological polar surface area (TPSA) is 239 Å². The van der Waals surface area contributed by atoms with E-state index in [0.29, 0.717) is 20.8 Å². The number of aliphatic hydroxyl groups is 1. The molecule has 2 heterocycles. The van der Waals surface area contributed by atoms with Crippen LogP contribution < -0.4 is 31.9 Å². The minimum Gasteiger partial charge on any atom is -0.465 e. The van der Waals surface area contributed by atoms with E-state index < -0.39 is 108 Å². The number of benzene rings is 2. The number of pyridine rings is 1. The fraction of sp³-hybridized carbons (Fsp3) is 0.455. The Labute approximate surface area is 385 Å². The Morgan fingerprint density at radius 1 is 0.838 bits per heavy atom. The van der Waals surface area contributed by atoms with Crippen LogP contribution in [-0.4, -0.2) is 110 Å². The van der Waals surface area contributed by atoms with E-state index >= 15 is 8.78 Å². The molecule has 0 saturated heterocycles. The molecule has 24 heteroatoms. The smallest absolute Gasteiger partial charge is 0.405 e. The van der Waals surface area contributed by atoms with Crippen LogP contribution in [0.25, 0.3) is 22.4 Å². The Morgan fingerprint density at radius 3 is 1.90 bits per heavy atom. The third kappa shape index (κ3) is 12.8. The highest BCUT2D eigenvalue weighted by atomic mass is 19.4. The number of aryl methyl sites for hydroxylation is 1. The molecule has 372 valence electrons. The highest BCUT2D eigenvalue weighted by molar-refractivity contribution is 5.86. The lowest BCUT2D eigenvalue weighted by Gasteiger charge is -2.37. The first kappa shape index (κ1) is 54.2. The molecule has 0 saturated carbocycles. The zero-order valence-corrected chi connectivity index (χ0v) is 38.0. The molecular weight excluding hydrogens is 919 g/mol. The molecule has 0 aliphatic carbocycles. The summed E-state index contributed by atoms with van der Waals surface area (Å²) in [6.45, 7) is 4.43. The SMILES string of the molecule is CC(C)N(C)c1cc(CC(C)(C(NC(=O)O)C([NH3+])=O)C(F)(F)F)c(-c2ccc(CC(NC(=O)C(NC(=O)O)C(C)(C)C(F)(F)F)C(O)CNCc3c(F)cc(-c4ccn(C)n4)cc3F)cc2)cn1. The second-order valence-electron chi connectivity index (χ2n) is 17.5. The van der Waals surface area contributed by atoms with E-state index in [-0.39, 0.29) is 51.8 Å². The minimum absolute atomic E-state index is 0.0105. The largest absolute Gasteiger partial charge is 0.465 e. The first-order valence-electron chi connectivity index (χ1n) is 20.8. The van der Waals surface area contributed by atoms with Crippen molar-refractivity contribution in [3.63, 3.8) is 0 Å². The number of amides is 4. The summed E-state index contributed by atoms with van der Waals surface area (Å²) in [6.07, 6.45) is -14.3. The Bertz CT molecular complexity index is 2430. The minimum atomic E-state index is -5.17. The summed E-state index contributed by atoms with van der Waals surface area (Å²) in [5.41, 5.74) is -2.33. The number of alkyl halides is 6. The van der Waals surface area contributed by atoms with Crippen LogP contribution in [0, 0.1) is 22.5 Å². The van der Waals surface area contributed by atoms with Gasteiger partial charge in [-0.05, 0) is 88.4 Å². The fourth-order valence-corrected chi connectivity index (χ4v) is 7.29. The van der Waals surface area contributed by atoms with Crippen LogP contribution in [0.15, 0.2) is 60.9 Å². The van der Waals surface area contributed by atoms with E-state index in [9.17, 15) is 60.8 Å². The molecule has 0 aliphatic heterocycles. The van der Waals surface area contributed by atoms with E-state index in [0.717, 1.165) is 12.1 Å². The van der Waals surface area contributed by atoms with Crippen LogP contribution in [-0.2, 0) is 36.0 Å². The number of aromatic nitrogens is 3. The maximum atomic E-state index is 15.2. The van der Waals surface area contributed by atoms with Crippen molar-refractivity contribution in [1.29, 1.82) is 0 Å². The summed E-state index contributed by atoms with van der Waals surface area (Å²) < 4.78 is 119. The van der Waals surface area contributed by atoms with E-state index in [1.54, 1.807) is 49.7 Å². The highest BCUT2D eigenvalue weighted by Gasteiger charge is 2.60. The van der Waals surface area contributed by atoms with E-state index in [1.807, 2.05) is 0 Å². The van der Waals surface area contributed by atoms with Gasteiger partial charge in [-0.3, -0.25) is 15.2 Å². The van der Waals surface area contributed by atoms with Crippen molar-refractivity contribution in [2.24, 2.45) is 17.9 Å². The Morgan fingerprint density at radius 2 is 1.41 bits per heavy atom. The van der Waals surface area contributed by atoms with Crippen LogP contribution in [0.5, 0.6) is 0 Å². The summed E-state index contributed by atoms with van der Waals surface area (Å²) in [6, 6.07) is 4.23. The maximum absolute atomic E-state index is 15.2. The first-order chi connectivity index (χ1) is 31.4. The van der Waals surface area contributed by atoms with Gasteiger partial charge in [-0.25, -0.2) is 28.1 Å². The van der Waals surface area contributed by atoms with Crippen LogP contribution in [0.4, 0.5) is 50.5 Å². The van der Waals surface area contributed by atoms with Gasteiger partial charge in [0.1, 0.15) is 28.9 Å². The number of aliphatic hydroxyl groups excluding tert-OH is 1. The molecule has 68 heavy (non-hydrogen) atoms. The summed E-state index contributed by atoms with van der Waals surface area (Å²) in [7, 11) is 3.26. The number of nitrogens with one attached hydrogen (secondary N) is 4. The molecule has 4 aromatic rings. The number of anilines is 1. The van der Waals surface area contributed by atoms with E-state index in [2.05, 4.69) is 26.4 Å². The molecule has 4 amide bonds. The van der Waals surface area contributed by atoms with Crippen molar-refractivity contribution in [1.82, 2.24) is 36.0 Å². The van der Waals surface area contributed by atoms with Gasteiger partial charge in [0.25, 0.3) is 0 Å². The number of hydrogen-bond donors (Lipinski definition) is 8. The lowest BCUT2D eigenvalue weighted by molar-refractivity contribution is -0.320. The van der Waals surface area contributed by atoms with E-state index in [1.165, 1.54) is 47.3 Å². The summed E-state index contributed by atoms with van der Waals surface area (Å²) >= 11 is 0. The molecule has 5 atom stereocenters. The first-order valence-corrected chi connectivity index (χ1v) is 20.8. The Kier molecular flexibility index (Phi) is 17.0. The van der Waals surface area contributed by atoms with Gasteiger partial charge >= 0.3 is 30.4 Å². The summed E-state index contributed by atoms with van der Waals surface area (Å²) in [4.78, 5) is 55.4. The Balaban J connectivity index is 1.73. The molecule has 0 bridgehead atoms. The number of halogens is 8. The van der Waals surface area contributed by atoms with Gasteiger partial charge in [-0.15, -0.1) is 0 Å². The average molecular weight is 973 g/mol. The number of quaternary nitrogens is 1. The molecule has 4 rings (SSSR count). The zero-order valence-electron chi connectivity index (χ0n) is 38.0. The third-order valence-electron chi connectivity index (χ3n) is 11.8. The summed E-state index contributed by atoms with van der Waals surface area (Å²) in [5, 5.41) is 42.5. The molecule has 0 spiro atoms. The number of hydrogen-bond acceptors (Lipinski definition) is 9. The summed E-state index contributed by atoms with van der Waals surface area (Å²) in [5.74, 6) is -4.52. The van der Waals surface area contributed by atoms with E-state index in [4.69, 9.17) is 0 Å². The van der Waals surface area contributed by atoms with Crippen molar-refractivity contribution in [3.8, 4) is 22.4 Å². The predicted molar refractivity (Wildman–Crippen MR) is 231 cm³/mol. The number of carbonyl (C=O) groups is 4. The molecular formula is C44H54F8N9O7+. The number of nitrogens with zero attached hydrogens (tertiary/aromatic N) is 4. The third-order valence-corrected chi connectivity index (χ3v) is 11.8. The highest BCUT2D eigenvalue weighted by Crippen LogP contribution is 2.46. The van der Waals surface area contributed by atoms with Gasteiger partial charge in [-0.1, -0.05) is 24.3 Å². The fourth-order valence-electron chi connectivity index (χ4n) is 7.29.